The van der Waals surface area contributed by atoms with Gasteiger partial charge in [-0.1, -0.05) is 17.7 Å². The maximum Gasteiger partial charge on any atom is 0.246 e. The third-order valence-corrected chi connectivity index (χ3v) is 4.44. The molecule has 0 atom stereocenters. The molecule has 0 aromatic heterocycles. The van der Waals surface area contributed by atoms with Crippen LogP contribution >= 0.6 is 11.6 Å². The molecule has 0 heterocycles. The molecule has 0 fully saturated rings. The Bertz CT molecular complexity index is 503. The summed E-state index contributed by atoms with van der Waals surface area (Å²) in [5, 5.41) is 17.3. The van der Waals surface area contributed by atoms with Crippen molar-refractivity contribution in [2.45, 2.75) is 4.90 Å². The van der Waals surface area contributed by atoms with Crippen molar-refractivity contribution in [1.29, 1.82) is 0 Å². The minimum Gasteiger partial charge on any atom is -0.395 e. The smallest absolute Gasteiger partial charge is 0.246 e. The van der Waals surface area contributed by atoms with E-state index in [1.807, 2.05) is 0 Å². The maximum atomic E-state index is 13.7. The van der Waals surface area contributed by atoms with Crippen LogP contribution in [-0.4, -0.2) is 49.2 Å². The van der Waals surface area contributed by atoms with E-state index in [-0.39, 0.29) is 18.1 Å². The van der Waals surface area contributed by atoms with Crippen LogP contribution in [0.4, 0.5) is 4.39 Å². The highest BCUT2D eigenvalue weighted by Crippen LogP contribution is 2.24. The van der Waals surface area contributed by atoms with Gasteiger partial charge in [0.05, 0.1) is 18.2 Å². The van der Waals surface area contributed by atoms with Crippen molar-refractivity contribution >= 4 is 21.6 Å². The minimum absolute atomic E-state index is 0.227. The van der Waals surface area contributed by atoms with Gasteiger partial charge in [-0.05, 0) is 12.1 Å². The first-order valence-corrected chi connectivity index (χ1v) is 6.92. The van der Waals surface area contributed by atoms with Gasteiger partial charge in [0.1, 0.15) is 4.90 Å². The Hall–Kier alpha value is -0.730. The molecule has 8 heteroatoms. The molecule has 0 radical (unpaired) electrons. The molecule has 102 valence electrons. The molecule has 0 spiro atoms. The highest BCUT2D eigenvalue weighted by molar-refractivity contribution is 7.89. The number of sulfonamides is 1. The fourth-order valence-corrected chi connectivity index (χ4v) is 3.14. The highest BCUT2D eigenvalue weighted by Gasteiger charge is 2.27. The Labute approximate surface area is 109 Å². The summed E-state index contributed by atoms with van der Waals surface area (Å²) in [6.45, 7) is -1.31. The van der Waals surface area contributed by atoms with E-state index in [0.29, 0.717) is 0 Å². The van der Waals surface area contributed by atoms with Gasteiger partial charge in [0.2, 0.25) is 10.0 Å². The van der Waals surface area contributed by atoms with Gasteiger partial charge >= 0.3 is 0 Å². The summed E-state index contributed by atoms with van der Waals surface area (Å²) in [6, 6.07) is 3.63. The van der Waals surface area contributed by atoms with E-state index in [0.717, 1.165) is 10.4 Å². The third kappa shape index (κ3) is 3.18. The molecule has 0 saturated heterocycles. The van der Waals surface area contributed by atoms with Crippen LogP contribution in [0.1, 0.15) is 0 Å². The number of hydrogen-bond donors (Lipinski definition) is 2. The van der Waals surface area contributed by atoms with Crippen LogP contribution < -0.4 is 0 Å². The van der Waals surface area contributed by atoms with Gasteiger partial charge in [-0.25, -0.2) is 12.8 Å². The van der Waals surface area contributed by atoms with Crippen molar-refractivity contribution in [3.63, 3.8) is 0 Å². The molecule has 0 amide bonds. The zero-order valence-electron chi connectivity index (χ0n) is 9.38. The van der Waals surface area contributed by atoms with Crippen molar-refractivity contribution in [1.82, 2.24) is 4.31 Å². The van der Waals surface area contributed by atoms with Crippen LogP contribution in [0.3, 0.4) is 0 Å². The molecule has 1 aromatic rings. The van der Waals surface area contributed by atoms with Crippen LogP contribution in [0.15, 0.2) is 23.1 Å². The van der Waals surface area contributed by atoms with Crippen molar-refractivity contribution in [2.24, 2.45) is 0 Å². The molecule has 1 rings (SSSR count). The second-order valence-electron chi connectivity index (χ2n) is 3.40. The Morgan fingerprint density at radius 3 is 2.28 bits per heavy atom. The molecule has 0 aliphatic heterocycles. The fraction of sp³-hybridized carbons (Fsp3) is 0.400. The first-order valence-electron chi connectivity index (χ1n) is 5.11. The number of rotatable bonds is 6. The molecule has 0 aliphatic rings. The first-order chi connectivity index (χ1) is 8.45. The number of hydrogen-bond acceptors (Lipinski definition) is 4. The normalized spacial score (nSPS) is 12.1. The molecule has 2 N–H and O–H groups in total. The molecule has 0 bridgehead atoms. The zero-order chi connectivity index (χ0) is 13.8. The summed E-state index contributed by atoms with van der Waals surface area (Å²) >= 11 is 5.52. The molecule has 0 aliphatic carbocycles. The summed E-state index contributed by atoms with van der Waals surface area (Å²) in [7, 11) is -4.12. The number of aliphatic hydroxyl groups is 2. The van der Waals surface area contributed by atoms with E-state index < -0.39 is 33.9 Å². The SMILES string of the molecule is O=S(=O)(c1cccc(Cl)c1F)N(CCO)CCO. The molecular formula is C10H13ClFNO4S. The van der Waals surface area contributed by atoms with E-state index in [4.69, 9.17) is 21.8 Å². The standard InChI is InChI=1S/C10H13ClFNO4S/c11-8-2-1-3-9(10(8)12)18(16,17)13(4-6-14)5-7-15/h1-3,14-15H,4-7H2. The van der Waals surface area contributed by atoms with Crippen molar-refractivity contribution in [3.8, 4) is 0 Å². The first kappa shape index (κ1) is 15.3. The predicted molar refractivity (Wildman–Crippen MR) is 64.3 cm³/mol. The second kappa shape index (κ2) is 6.44. The van der Waals surface area contributed by atoms with Gasteiger partial charge in [-0.3, -0.25) is 0 Å². The third-order valence-electron chi connectivity index (χ3n) is 2.23. The summed E-state index contributed by atoms with van der Waals surface area (Å²) in [4.78, 5) is -0.572. The fourth-order valence-electron chi connectivity index (χ4n) is 1.40. The van der Waals surface area contributed by atoms with E-state index >= 15 is 0 Å². The summed E-state index contributed by atoms with van der Waals surface area (Å²) < 4.78 is 38.6. The molecule has 5 nitrogen and oxygen atoms in total. The molecule has 1 aromatic carbocycles. The average Bonchev–Trinajstić information content (AvgIpc) is 2.32. The van der Waals surface area contributed by atoms with Crippen LogP contribution in [0.5, 0.6) is 0 Å². The minimum atomic E-state index is -4.12. The Kier molecular flexibility index (Phi) is 5.48. The number of halogens is 2. The Morgan fingerprint density at radius 1 is 1.22 bits per heavy atom. The van der Waals surface area contributed by atoms with Crippen molar-refractivity contribution in [2.75, 3.05) is 26.3 Å². The van der Waals surface area contributed by atoms with Gasteiger partial charge in [0, 0.05) is 13.1 Å². The topological polar surface area (TPSA) is 77.8 Å². The van der Waals surface area contributed by atoms with Gasteiger partial charge in [-0.15, -0.1) is 0 Å². The summed E-state index contributed by atoms with van der Waals surface area (Å²) in [5.74, 6) is -1.04. The monoisotopic (exact) mass is 297 g/mol. The van der Waals surface area contributed by atoms with Gasteiger partial charge in [0.15, 0.2) is 5.82 Å². The Balaban J connectivity index is 3.22. The zero-order valence-corrected chi connectivity index (χ0v) is 11.0. The quantitative estimate of drug-likeness (QED) is 0.799. The summed E-state index contributed by atoms with van der Waals surface area (Å²) in [6.07, 6.45) is 0. The average molecular weight is 298 g/mol. The van der Waals surface area contributed by atoms with Crippen LogP contribution in [-0.2, 0) is 10.0 Å². The lowest BCUT2D eigenvalue weighted by Crippen LogP contribution is -2.36. The van der Waals surface area contributed by atoms with E-state index in [9.17, 15) is 12.8 Å². The van der Waals surface area contributed by atoms with E-state index in [1.165, 1.54) is 12.1 Å². The van der Waals surface area contributed by atoms with Crippen LogP contribution in [0.25, 0.3) is 0 Å². The highest BCUT2D eigenvalue weighted by atomic mass is 35.5. The lowest BCUT2D eigenvalue weighted by Gasteiger charge is -2.20. The Morgan fingerprint density at radius 2 is 1.78 bits per heavy atom. The maximum absolute atomic E-state index is 13.7. The predicted octanol–water partition coefficient (Wildman–Crippen LogP) is 0.454. The van der Waals surface area contributed by atoms with Crippen molar-refractivity contribution in [3.05, 3.63) is 29.0 Å². The molecule has 0 saturated carbocycles. The van der Waals surface area contributed by atoms with E-state index in [1.54, 1.807) is 0 Å². The molecule has 18 heavy (non-hydrogen) atoms. The van der Waals surface area contributed by atoms with Crippen LogP contribution in [0, 0.1) is 5.82 Å². The largest absolute Gasteiger partial charge is 0.395 e. The summed E-state index contributed by atoms with van der Waals surface area (Å²) in [5.41, 5.74) is 0. The van der Waals surface area contributed by atoms with Gasteiger partial charge in [0.25, 0.3) is 0 Å². The lowest BCUT2D eigenvalue weighted by atomic mass is 10.3. The second-order valence-corrected chi connectivity index (χ2v) is 5.72. The van der Waals surface area contributed by atoms with Gasteiger partial charge in [-0.2, -0.15) is 4.31 Å². The molecular weight excluding hydrogens is 285 g/mol. The van der Waals surface area contributed by atoms with E-state index in [2.05, 4.69) is 0 Å². The van der Waals surface area contributed by atoms with Crippen LogP contribution in [0.2, 0.25) is 5.02 Å². The number of nitrogens with zero attached hydrogens (tertiary/aromatic N) is 1. The van der Waals surface area contributed by atoms with Gasteiger partial charge < -0.3 is 10.2 Å². The molecule has 0 unspecified atom stereocenters. The van der Waals surface area contributed by atoms with Crippen molar-refractivity contribution < 1.29 is 23.0 Å². The number of aliphatic hydroxyl groups excluding tert-OH is 2. The number of benzene rings is 1. The lowest BCUT2D eigenvalue weighted by molar-refractivity contribution is 0.217.